The number of rotatable bonds is 0. The van der Waals surface area contributed by atoms with Gasteiger partial charge in [-0.05, 0) is 13.1 Å². The lowest BCUT2D eigenvalue weighted by Gasteiger charge is -1.96. The molecule has 0 spiro atoms. The second-order valence-corrected chi connectivity index (χ2v) is 7.00. The highest BCUT2D eigenvalue weighted by molar-refractivity contribution is 7.14. The zero-order valence-corrected chi connectivity index (χ0v) is 5.08. The van der Waals surface area contributed by atoms with E-state index in [1.54, 1.807) is 13.1 Å². The molecule has 0 heterocycles. The van der Waals surface area contributed by atoms with Gasteiger partial charge >= 0.3 is 0 Å². The molecule has 0 saturated carbocycles. The highest BCUT2D eigenvalue weighted by atomic mass is 35.6. The smallest absolute Gasteiger partial charge is 0.281 e. The van der Waals surface area contributed by atoms with Gasteiger partial charge in [0.25, 0.3) is 7.63 Å². The summed E-state index contributed by atoms with van der Waals surface area (Å²) in [5, 5.41) is 0. The van der Waals surface area contributed by atoms with E-state index in [-0.39, 0.29) is 0 Å². The lowest BCUT2D eigenvalue weighted by Crippen LogP contribution is -2.13. The van der Waals surface area contributed by atoms with Gasteiger partial charge in [-0.15, -0.1) is 11.1 Å². The Morgan fingerprint density at radius 2 is 1.60 bits per heavy atom. The normalized spacial score (nSPS) is 12.0. The van der Waals surface area contributed by atoms with E-state index < -0.39 is 7.63 Å². The van der Waals surface area contributed by atoms with E-state index >= 15 is 0 Å². The van der Waals surface area contributed by atoms with Crippen molar-refractivity contribution in [3.05, 3.63) is 0 Å². The van der Waals surface area contributed by atoms with Gasteiger partial charge in [0.15, 0.2) is 0 Å². The van der Waals surface area contributed by atoms with E-state index in [9.17, 15) is 0 Å². The van der Waals surface area contributed by atoms with Crippen LogP contribution in [-0.4, -0.2) is 12.4 Å². The molecular formula is C2H7ClOSi. The quantitative estimate of drug-likeness (QED) is 0.363. The van der Waals surface area contributed by atoms with Crippen LogP contribution in [0.25, 0.3) is 0 Å². The molecule has 0 atom stereocenters. The summed E-state index contributed by atoms with van der Waals surface area (Å²) < 4.78 is 0. The molecule has 5 heavy (non-hydrogen) atoms. The molecule has 0 aromatic heterocycles. The minimum absolute atomic E-state index is 1.65. The Kier molecular flexibility index (Phi) is 1.40. The van der Waals surface area contributed by atoms with E-state index in [2.05, 4.69) is 0 Å². The van der Waals surface area contributed by atoms with Crippen LogP contribution < -0.4 is 0 Å². The monoisotopic (exact) mass is 110 g/mol. The van der Waals surface area contributed by atoms with Crippen molar-refractivity contribution < 1.29 is 4.80 Å². The molecule has 0 radical (unpaired) electrons. The molecule has 0 saturated heterocycles. The topological polar surface area (TPSA) is 20.2 Å². The van der Waals surface area contributed by atoms with Crippen LogP contribution in [0.15, 0.2) is 0 Å². The van der Waals surface area contributed by atoms with Crippen LogP contribution in [0.5, 0.6) is 0 Å². The van der Waals surface area contributed by atoms with Crippen molar-refractivity contribution in [3.63, 3.8) is 0 Å². The molecule has 1 nitrogen and oxygen atoms in total. The van der Waals surface area contributed by atoms with Crippen molar-refractivity contribution in [2.45, 2.75) is 13.1 Å². The Bertz CT molecular complexity index is 25.1. The Morgan fingerprint density at radius 1 is 1.60 bits per heavy atom. The van der Waals surface area contributed by atoms with Gasteiger partial charge in [0, 0.05) is 0 Å². The molecule has 0 aliphatic carbocycles. The lowest BCUT2D eigenvalue weighted by atomic mass is 11.9. The highest BCUT2D eigenvalue weighted by Crippen LogP contribution is 1.98. The van der Waals surface area contributed by atoms with Crippen LogP contribution in [-0.2, 0) is 0 Å². The Balaban J connectivity index is 3.02. The fourth-order valence-corrected chi connectivity index (χ4v) is 0. The largest absolute Gasteiger partial charge is 0.420 e. The second-order valence-electron chi connectivity index (χ2n) is 1.41. The first-order valence-electron chi connectivity index (χ1n) is 1.41. The Labute approximate surface area is 37.4 Å². The summed E-state index contributed by atoms with van der Waals surface area (Å²) in [6.07, 6.45) is 0. The van der Waals surface area contributed by atoms with Crippen LogP contribution in [0, 0.1) is 0 Å². The molecule has 0 unspecified atom stereocenters. The van der Waals surface area contributed by atoms with Crippen molar-refractivity contribution in [3.8, 4) is 0 Å². The molecule has 1 N–H and O–H groups in total. The van der Waals surface area contributed by atoms with E-state index in [4.69, 9.17) is 15.9 Å². The molecule has 0 aromatic carbocycles. The average Bonchev–Trinajstić information content (AvgIpc) is 0.722. The lowest BCUT2D eigenvalue weighted by molar-refractivity contribution is 0.577. The van der Waals surface area contributed by atoms with Gasteiger partial charge in [-0.3, -0.25) is 0 Å². The van der Waals surface area contributed by atoms with E-state index in [1.165, 1.54) is 0 Å². The van der Waals surface area contributed by atoms with Crippen molar-refractivity contribution in [2.75, 3.05) is 0 Å². The maximum atomic E-state index is 8.43. The van der Waals surface area contributed by atoms with E-state index in [0.717, 1.165) is 0 Å². The summed E-state index contributed by atoms with van der Waals surface area (Å²) in [6, 6.07) is 0. The van der Waals surface area contributed by atoms with Gasteiger partial charge in [-0.25, -0.2) is 0 Å². The van der Waals surface area contributed by atoms with Gasteiger partial charge in [0.05, 0.1) is 0 Å². The molecule has 0 bridgehead atoms. The predicted octanol–water partition coefficient (Wildman–Crippen LogP) is 0.919. The van der Waals surface area contributed by atoms with Crippen LogP contribution in [0.2, 0.25) is 13.1 Å². The zero-order chi connectivity index (χ0) is 4.50. The maximum Gasteiger partial charge on any atom is 0.281 e. The molecule has 3 heteroatoms. The SMILES string of the molecule is C[Si](C)(O)Cl. The van der Waals surface area contributed by atoms with Crippen LogP contribution in [0.4, 0.5) is 0 Å². The molecule has 0 amide bonds. The number of halogens is 1. The second kappa shape index (κ2) is 1.28. The van der Waals surface area contributed by atoms with E-state index in [0.29, 0.717) is 0 Å². The third kappa shape index (κ3) is 125. The fraction of sp³-hybridized carbons (Fsp3) is 1.00. The van der Waals surface area contributed by atoms with Gasteiger partial charge in [0.1, 0.15) is 0 Å². The molecule has 0 aromatic rings. The minimum atomic E-state index is -2.14. The van der Waals surface area contributed by atoms with Gasteiger partial charge in [-0.2, -0.15) is 0 Å². The summed E-state index contributed by atoms with van der Waals surface area (Å²) in [6.45, 7) is 3.29. The molecule has 0 fully saturated rings. The van der Waals surface area contributed by atoms with E-state index in [1.807, 2.05) is 0 Å². The summed E-state index contributed by atoms with van der Waals surface area (Å²) in [7, 11) is -2.14. The third-order valence-corrected chi connectivity index (χ3v) is 0. The fourth-order valence-electron chi connectivity index (χ4n) is 0. The molecule has 0 aliphatic heterocycles. The first-order valence-corrected chi connectivity index (χ1v) is 5.37. The first-order chi connectivity index (χ1) is 2.00. The van der Waals surface area contributed by atoms with Gasteiger partial charge in [0.2, 0.25) is 0 Å². The van der Waals surface area contributed by atoms with Gasteiger partial charge < -0.3 is 4.80 Å². The third-order valence-electron chi connectivity index (χ3n) is 0. The standard InChI is InChI=1S/C2H7ClOSi/c1-5(2,3)4/h4H,1-2H3. The predicted molar refractivity (Wildman–Crippen MR) is 25.6 cm³/mol. The van der Waals surface area contributed by atoms with Crippen molar-refractivity contribution in [2.24, 2.45) is 0 Å². The number of hydrogen-bond donors (Lipinski definition) is 1. The van der Waals surface area contributed by atoms with Crippen LogP contribution >= 0.6 is 11.1 Å². The van der Waals surface area contributed by atoms with Crippen molar-refractivity contribution >= 4 is 18.7 Å². The van der Waals surface area contributed by atoms with Crippen molar-refractivity contribution in [1.82, 2.24) is 0 Å². The minimum Gasteiger partial charge on any atom is -0.420 e. The molecule has 32 valence electrons. The van der Waals surface area contributed by atoms with Crippen LogP contribution in [0.1, 0.15) is 0 Å². The summed E-state index contributed by atoms with van der Waals surface area (Å²) in [5.41, 5.74) is 0. The Hall–Kier alpha value is 0.467. The van der Waals surface area contributed by atoms with Crippen LogP contribution in [0.3, 0.4) is 0 Å². The van der Waals surface area contributed by atoms with Gasteiger partial charge in [-0.1, -0.05) is 0 Å². The zero-order valence-electron chi connectivity index (χ0n) is 3.33. The van der Waals surface area contributed by atoms with Crippen molar-refractivity contribution in [1.29, 1.82) is 0 Å². The maximum absolute atomic E-state index is 8.43. The first kappa shape index (κ1) is 5.47. The number of hydrogen-bond acceptors (Lipinski definition) is 1. The molecule has 0 rings (SSSR count). The summed E-state index contributed by atoms with van der Waals surface area (Å²) in [5.74, 6) is 0. The molecular weight excluding hydrogens is 104 g/mol. The average molecular weight is 111 g/mol. The summed E-state index contributed by atoms with van der Waals surface area (Å²) >= 11 is 5.22. The molecule has 0 aliphatic rings. The summed E-state index contributed by atoms with van der Waals surface area (Å²) in [4.78, 5) is 8.43. The Morgan fingerprint density at radius 3 is 1.60 bits per heavy atom. The highest BCUT2D eigenvalue weighted by Gasteiger charge is 2.08.